The van der Waals surface area contributed by atoms with Gasteiger partial charge >= 0.3 is 0 Å². The summed E-state index contributed by atoms with van der Waals surface area (Å²) in [5.74, 6) is 0.979. The average Bonchev–Trinajstić information content (AvgIpc) is 2.44. The van der Waals surface area contributed by atoms with Gasteiger partial charge in [0.15, 0.2) is 5.82 Å². The Morgan fingerprint density at radius 1 is 1.32 bits per heavy atom. The van der Waals surface area contributed by atoms with Crippen LogP contribution >= 0.6 is 28.1 Å². The van der Waals surface area contributed by atoms with Crippen molar-refractivity contribution >= 4 is 28.1 Å². The second-order valence-electron chi connectivity index (χ2n) is 3.58. The first-order valence-electron chi connectivity index (χ1n) is 5.31. The fourth-order valence-corrected chi connectivity index (χ4v) is 1.94. The molecule has 0 aromatic carbocycles. The summed E-state index contributed by atoms with van der Waals surface area (Å²) >= 11 is 8.56. The molecule has 0 saturated heterocycles. The average molecular weight is 343 g/mol. The van der Waals surface area contributed by atoms with Crippen molar-refractivity contribution in [2.75, 3.05) is 14.2 Å². The smallest absolute Gasteiger partial charge is 0.233 e. The second kappa shape index (κ2) is 6.18. The van der Waals surface area contributed by atoms with E-state index in [-0.39, 0.29) is 0 Å². The summed E-state index contributed by atoms with van der Waals surface area (Å²) in [6.07, 6.45) is 0. The molecule has 100 valence electrons. The monoisotopic (exact) mass is 342 g/mol. The number of ether oxygens (including phenoxy) is 2. The molecular weight excluding hydrogens is 332 g/mol. The molecule has 0 unspecified atom stereocenters. The molecule has 0 fully saturated rings. The molecule has 0 radical (unpaired) electrons. The van der Waals surface area contributed by atoms with E-state index in [1.165, 1.54) is 7.11 Å². The molecule has 8 heteroatoms. The van der Waals surface area contributed by atoms with Gasteiger partial charge in [0.2, 0.25) is 5.88 Å². The van der Waals surface area contributed by atoms with Crippen molar-refractivity contribution in [2.24, 2.45) is 0 Å². The Morgan fingerprint density at radius 2 is 2.11 bits per heavy atom. The third-order valence-corrected chi connectivity index (χ3v) is 3.73. The van der Waals surface area contributed by atoms with Crippen molar-refractivity contribution in [2.45, 2.75) is 6.61 Å². The highest BCUT2D eigenvalue weighted by molar-refractivity contribution is 9.10. The minimum absolute atomic E-state index is 0.392. The first-order valence-corrected chi connectivity index (χ1v) is 6.51. The van der Waals surface area contributed by atoms with Gasteiger partial charge in [-0.05, 0) is 22.0 Å². The molecule has 6 nitrogen and oxygen atoms in total. The van der Waals surface area contributed by atoms with Crippen molar-refractivity contribution in [1.29, 1.82) is 0 Å². The highest BCUT2D eigenvalue weighted by Crippen LogP contribution is 2.21. The van der Waals surface area contributed by atoms with Gasteiger partial charge in [0.25, 0.3) is 0 Å². The summed E-state index contributed by atoms with van der Waals surface area (Å²) < 4.78 is 11.2. The molecule has 19 heavy (non-hydrogen) atoms. The van der Waals surface area contributed by atoms with Crippen LogP contribution in [0.4, 0.5) is 0 Å². The van der Waals surface area contributed by atoms with Crippen LogP contribution in [0.1, 0.15) is 5.69 Å². The fraction of sp³-hybridized carbons (Fsp3) is 0.273. The molecule has 0 atom stereocenters. The van der Waals surface area contributed by atoms with Crippen molar-refractivity contribution in [3.05, 3.63) is 26.9 Å². The number of rotatable bonds is 4. The van der Waals surface area contributed by atoms with Gasteiger partial charge in [-0.15, -0.1) is 10.2 Å². The van der Waals surface area contributed by atoms with E-state index >= 15 is 0 Å². The van der Waals surface area contributed by atoms with Crippen LogP contribution in [0, 0.1) is 4.64 Å². The van der Waals surface area contributed by atoms with E-state index in [0.29, 0.717) is 28.6 Å². The Bertz CT molecular complexity index is 630. The fourth-order valence-electron chi connectivity index (χ4n) is 1.43. The van der Waals surface area contributed by atoms with Crippen molar-refractivity contribution in [3.8, 4) is 17.4 Å². The Hall–Kier alpha value is -1.38. The zero-order chi connectivity index (χ0) is 13.8. The molecule has 0 amide bonds. The summed E-state index contributed by atoms with van der Waals surface area (Å²) in [6.45, 7) is 0.392. The van der Waals surface area contributed by atoms with Crippen LogP contribution in [0.2, 0.25) is 0 Å². The van der Waals surface area contributed by atoms with Gasteiger partial charge < -0.3 is 14.5 Å². The van der Waals surface area contributed by atoms with Gasteiger partial charge in [-0.2, -0.15) is 0 Å². The van der Waals surface area contributed by atoms with Gasteiger partial charge in [-0.3, -0.25) is 0 Å². The van der Waals surface area contributed by atoms with Crippen molar-refractivity contribution in [3.63, 3.8) is 0 Å². The predicted octanol–water partition coefficient (Wildman–Crippen LogP) is 2.51. The molecular formula is C11H11BrN4O2S. The first kappa shape index (κ1) is 14.0. The Morgan fingerprint density at radius 3 is 2.68 bits per heavy atom. The van der Waals surface area contributed by atoms with Gasteiger partial charge in [0.1, 0.15) is 10.3 Å². The lowest BCUT2D eigenvalue weighted by Gasteiger charge is -2.07. The van der Waals surface area contributed by atoms with E-state index in [0.717, 1.165) is 10.2 Å². The van der Waals surface area contributed by atoms with Gasteiger partial charge in [-0.1, -0.05) is 12.2 Å². The molecule has 2 aromatic rings. The van der Waals surface area contributed by atoms with Crippen molar-refractivity contribution < 1.29 is 9.47 Å². The second-order valence-corrected chi connectivity index (χ2v) is 4.76. The maximum atomic E-state index is 5.18. The largest absolute Gasteiger partial charge is 0.480 e. The van der Waals surface area contributed by atoms with E-state index < -0.39 is 0 Å². The zero-order valence-electron chi connectivity index (χ0n) is 10.3. The van der Waals surface area contributed by atoms with Crippen LogP contribution in [-0.4, -0.2) is 34.4 Å². The Kier molecular flexibility index (Phi) is 4.56. The van der Waals surface area contributed by atoms with Gasteiger partial charge in [-0.25, -0.2) is 4.98 Å². The van der Waals surface area contributed by atoms with Crippen LogP contribution in [0.3, 0.4) is 0 Å². The SMILES string of the molecule is COCc1[nH]c(-c2ccc(OC)nn2)nc(=S)c1Br. The van der Waals surface area contributed by atoms with Crippen LogP contribution in [0.5, 0.6) is 5.88 Å². The molecule has 2 aromatic heterocycles. The summed E-state index contributed by atoms with van der Waals surface area (Å²) in [5, 5.41) is 7.91. The maximum Gasteiger partial charge on any atom is 0.233 e. The molecule has 2 rings (SSSR count). The Balaban J connectivity index is 2.46. The lowest BCUT2D eigenvalue weighted by Crippen LogP contribution is -2.01. The van der Waals surface area contributed by atoms with Crippen LogP contribution < -0.4 is 4.74 Å². The third-order valence-electron chi connectivity index (χ3n) is 2.32. The van der Waals surface area contributed by atoms with Crippen molar-refractivity contribution in [1.82, 2.24) is 20.2 Å². The predicted molar refractivity (Wildman–Crippen MR) is 75.4 cm³/mol. The van der Waals surface area contributed by atoms with E-state index in [1.54, 1.807) is 19.2 Å². The molecule has 1 N–H and O–H groups in total. The topological polar surface area (TPSA) is 72.9 Å². The molecule has 0 aliphatic rings. The molecule has 0 aliphatic heterocycles. The van der Waals surface area contributed by atoms with E-state index in [9.17, 15) is 0 Å². The molecule has 0 aliphatic carbocycles. The highest BCUT2D eigenvalue weighted by Gasteiger charge is 2.09. The standard InChI is InChI=1S/C11H11BrN4O2S/c1-17-5-7-9(12)11(19)14-10(13-7)6-3-4-8(18-2)16-15-6/h3-4H,5H2,1-2H3,(H,13,14,19). The number of aromatic amines is 1. The number of nitrogens with zero attached hydrogens (tertiary/aromatic N) is 3. The molecule has 0 saturated carbocycles. The Labute approximate surface area is 123 Å². The van der Waals surface area contributed by atoms with E-state index in [2.05, 4.69) is 36.1 Å². The van der Waals surface area contributed by atoms with Gasteiger partial charge in [0, 0.05) is 13.2 Å². The zero-order valence-corrected chi connectivity index (χ0v) is 12.7. The minimum atomic E-state index is 0.392. The number of hydrogen-bond donors (Lipinski definition) is 1. The normalized spacial score (nSPS) is 10.5. The highest BCUT2D eigenvalue weighted by atomic mass is 79.9. The number of H-pyrrole nitrogens is 1. The maximum absolute atomic E-state index is 5.18. The summed E-state index contributed by atoms with van der Waals surface area (Å²) in [5.41, 5.74) is 1.38. The minimum Gasteiger partial charge on any atom is -0.480 e. The van der Waals surface area contributed by atoms with Gasteiger partial charge in [0.05, 0.1) is 23.9 Å². The number of hydrogen-bond acceptors (Lipinski definition) is 6. The van der Waals surface area contributed by atoms with E-state index in [1.807, 2.05) is 0 Å². The van der Waals surface area contributed by atoms with Crippen LogP contribution in [-0.2, 0) is 11.3 Å². The quantitative estimate of drug-likeness (QED) is 0.860. The van der Waals surface area contributed by atoms with E-state index in [4.69, 9.17) is 21.7 Å². The molecule has 2 heterocycles. The summed E-state index contributed by atoms with van der Waals surface area (Å²) in [4.78, 5) is 7.37. The van der Waals surface area contributed by atoms with Crippen LogP contribution in [0.25, 0.3) is 11.5 Å². The van der Waals surface area contributed by atoms with Crippen LogP contribution in [0.15, 0.2) is 16.6 Å². The number of halogens is 1. The molecule has 0 spiro atoms. The summed E-state index contributed by atoms with van der Waals surface area (Å²) in [6, 6.07) is 3.46. The first-order chi connectivity index (χ1) is 9.15. The number of aromatic nitrogens is 4. The lowest BCUT2D eigenvalue weighted by atomic mass is 10.3. The lowest BCUT2D eigenvalue weighted by molar-refractivity contribution is 0.181. The number of nitrogens with one attached hydrogen (secondary N) is 1. The number of methoxy groups -OCH3 is 2. The summed E-state index contributed by atoms with van der Waals surface area (Å²) in [7, 11) is 3.14. The molecule has 0 bridgehead atoms. The third kappa shape index (κ3) is 3.14.